The third-order valence-electron chi connectivity index (χ3n) is 5.39. The van der Waals surface area contributed by atoms with Crippen molar-refractivity contribution in [3.63, 3.8) is 0 Å². The molecule has 0 unspecified atom stereocenters. The van der Waals surface area contributed by atoms with Crippen LogP contribution >= 0.6 is 0 Å². The van der Waals surface area contributed by atoms with E-state index in [4.69, 9.17) is 9.47 Å². The second-order valence-electron chi connectivity index (χ2n) is 7.35. The number of urea groups is 1. The molecule has 0 aromatic heterocycles. The van der Waals surface area contributed by atoms with Gasteiger partial charge in [0.05, 0.1) is 25.4 Å². The number of amides is 2. The zero-order chi connectivity index (χ0) is 17.2. The number of fused-ring (bicyclic) bond motifs is 1. The van der Waals surface area contributed by atoms with E-state index in [2.05, 4.69) is 22.3 Å². The van der Waals surface area contributed by atoms with Crippen LogP contribution in [0.4, 0.5) is 10.5 Å². The fourth-order valence-corrected chi connectivity index (χ4v) is 3.96. The minimum absolute atomic E-state index is 0.0367. The molecule has 25 heavy (non-hydrogen) atoms. The normalized spacial score (nSPS) is 27.2. The third kappa shape index (κ3) is 3.97. The van der Waals surface area contributed by atoms with Crippen molar-refractivity contribution >= 4 is 11.7 Å². The maximum atomic E-state index is 11.7. The Labute approximate surface area is 149 Å². The topological polar surface area (TPSA) is 54.0 Å². The number of carbonyl (C=O) groups excluding carboxylic acids is 1. The molecule has 2 amide bonds. The number of carbonyl (C=O) groups is 1. The Hall–Kier alpha value is -1.63. The molecule has 0 saturated carbocycles. The van der Waals surface area contributed by atoms with Crippen molar-refractivity contribution in [3.8, 4) is 0 Å². The average molecular weight is 345 g/mol. The first kappa shape index (κ1) is 16.8. The van der Waals surface area contributed by atoms with Crippen LogP contribution in [0.2, 0.25) is 0 Å². The Bertz CT molecular complexity index is 630. The maximum Gasteiger partial charge on any atom is 0.321 e. The van der Waals surface area contributed by atoms with Crippen LogP contribution in [-0.4, -0.2) is 67.9 Å². The predicted octanol–water partition coefficient (Wildman–Crippen LogP) is 2.09. The molecule has 1 N–H and O–H groups in total. The van der Waals surface area contributed by atoms with Crippen molar-refractivity contribution < 1.29 is 14.3 Å². The summed E-state index contributed by atoms with van der Waals surface area (Å²) in [6.45, 7) is 5.43. The summed E-state index contributed by atoms with van der Waals surface area (Å²) in [6.07, 6.45) is 3.88. The largest absolute Gasteiger partial charge is 0.379 e. The Morgan fingerprint density at radius 3 is 2.84 bits per heavy atom. The molecule has 6 nitrogen and oxygen atoms in total. The van der Waals surface area contributed by atoms with E-state index in [-0.39, 0.29) is 6.03 Å². The smallest absolute Gasteiger partial charge is 0.321 e. The first-order valence-corrected chi connectivity index (χ1v) is 9.27. The van der Waals surface area contributed by atoms with Gasteiger partial charge in [-0.25, -0.2) is 4.79 Å². The van der Waals surface area contributed by atoms with Gasteiger partial charge in [-0.2, -0.15) is 0 Å². The van der Waals surface area contributed by atoms with Crippen molar-refractivity contribution in [3.05, 3.63) is 29.3 Å². The maximum absolute atomic E-state index is 11.7. The number of anilines is 1. The molecule has 2 saturated heterocycles. The molecule has 2 atom stereocenters. The van der Waals surface area contributed by atoms with Gasteiger partial charge < -0.3 is 19.7 Å². The lowest BCUT2D eigenvalue weighted by Gasteiger charge is -2.29. The number of hydrogen-bond acceptors (Lipinski definition) is 4. The minimum Gasteiger partial charge on any atom is -0.379 e. The van der Waals surface area contributed by atoms with Gasteiger partial charge >= 0.3 is 6.03 Å². The second-order valence-corrected chi connectivity index (χ2v) is 7.35. The van der Waals surface area contributed by atoms with Crippen LogP contribution in [0.25, 0.3) is 0 Å². The Balaban J connectivity index is 1.32. The molecule has 0 aliphatic carbocycles. The van der Waals surface area contributed by atoms with Crippen LogP contribution in [0.1, 0.15) is 24.0 Å². The van der Waals surface area contributed by atoms with E-state index in [1.165, 1.54) is 11.1 Å². The van der Waals surface area contributed by atoms with E-state index in [1.54, 1.807) is 4.90 Å². The molecule has 1 aromatic carbocycles. The van der Waals surface area contributed by atoms with Crippen LogP contribution in [0, 0.1) is 0 Å². The molecule has 3 aliphatic rings. The molecule has 0 radical (unpaired) electrons. The summed E-state index contributed by atoms with van der Waals surface area (Å²) in [5.41, 5.74) is 3.41. The molecule has 0 bridgehead atoms. The lowest BCUT2D eigenvalue weighted by Crippen LogP contribution is -2.41. The molecule has 2 fully saturated rings. The van der Waals surface area contributed by atoms with Gasteiger partial charge in [-0.3, -0.25) is 4.90 Å². The van der Waals surface area contributed by atoms with Gasteiger partial charge in [0.25, 0.3) is 0 Å². The van der Waals surface area contributed by atoms with Crippen LogP contribution in [0.15, 0.2) is 18.2 Å². The summed E-state index contributed by atoms with van der Waals surface area (Å²) in [5, 5.41) is 2.92. The SMILES string of the molecule is CN1Cc2cc(C[C@@H]3CC[C@H](CN4CCOCC4)O3)ccc2NC1=O. The van der Waals surface area contributed by atoms with Gasteiger partial charge in [0.1, 0.15) is 0 Å². The van der Waals surface area contributed by atoms with E-state index in [1.807, 2.05) is 13.1 Å². The fourth-order valence-electron chi connectivity index (χ4n) is 3.96. The molecule has 6 heteroatoms. The van der Waals surface area contributed by atoms with Crippen molar-refractivity contribution in [1.29, 1.82) is 0 Å². The molecular formula is C19H27N3O3. The summed E-state index contributed by atoms with van der Waals surface area (Å²) in [6, 6.07) is 6.31. The number of rotatable bonds is 4. The molecule has 3 heterocycles. The highest BCUT2D eigenvalue weighted by Gasteiger charge is 2.28. The third-order valence-corrected chi connectivity index (χ3v) is 5.39. The number of hydrogen-bond donors (Lipinski definition) is 1. The number of nitrogens with zero attached hydrogens (tertiary/aromatic N) is 2. The van der Waals surface area contributed by atoms with Crippen molar-refractivity contribution in [1.82, 2.24) is 9.80 Å². The monoisotopic (exact) mass is 345 g/mol. The number of ether oxygens (including phenoxy) is 2. The Morgan fingerprint density at radius 1 is 1.20 bits per heavy atom. The number of benzene rings is 1. The summed E-state index contributed by atoms with van der Waals surface area (Å²) in [5.74, 6) is 0. The Morgan fingerprint density at radius 2 is 2.00 bits per heavy atom. The lowest BCUT2D eigenvalue weighted by atomic mass is 10.0. The summed E-state index contributed by atoms with van der Waals surface area (Å²) in [7, 11) is 1.82. The predicted molar refractivity (Wildman–Crippen MR) is 95.8 cm³/mol. The van der Waals surface area contributed by atoms with Crippen LogP contribution in [0.3, 0.4) is 0 Å². The number of nitrogens with one attached hydrogen (secondary N) is 1. The van der Waals surface area contributed by atoms with Gasteiger partial charge in [0.15, 0.2) is 0 Å². The molecular weight excluding hydrogens is 318 g/mol. The van der Waals surface area contributed by atoms with E-state index in [0.29, 0.717) is 18.8 Å². The van der Waals surface area contributed by atoms with Crippen molar-refractivity contribution in [2.24, 2.45) is 0 Å². The van der Waals surface area contributed by atoms with E-state index >= 15 is 0 Å². The molecule has 3 aliphatic heterocycles. The summed E-state index contributed by atoms with van der Waals surface area (Å²) in [4.78, 5) is 15.9. The van der Waals surface area contributed by atoms with Gasteiger partial charge in [-0.1, -0.05) is 12.1 Å². The highest BCUT2D eigenvalue weighted by Crippen LogP contribution is 2.27. The van der Waals surface area contributed by atoms with Gasteiger partial charge in [0, 0.05) is 38.9 Å². The van der Waals surface area contributed by atoms with Gasteiger partial charge in [-0.05, 0) is 36.5 Å². The van der Waals surface area contributed by atoms with E-state index < -0.39 is 0 Å². The first-order chi connectivity index (χ1) is 12.2. The average Bonchev–Trinajstić information content (AvgIpc) is 3.04. The van der Waals surface area contributed by atoms with E-state index in [9.17, 15) is 4.79 Å². The highest BCUT2D eigenvalue weighted by molar-refractivity contribution is 5.92. The quantitative estimate of drug-likeness (QED) is 0.908. The van der Waals surface area contributed by atoms with Crippen molar-refractivity contribution in [2.45, 2.75) is 38.0 Å². The Kier molecular flexibility index (Phi) is 4.92. The first-order valence-electron chi connectivity index (χ1n) is 9.27. The number of morpholine rings is 1. The molecule has 0 spiro atoms. The standard InChI is InChI=1S/C19H27N3O3/c1-21-12-15-10-14(2-5-18(15)20-19(21)23)11-16-3-4-17(25-16)13-22-6-8-24-9-7-22/h2,5,10,16-17H,3-4,6-9,11-13H2,1H3,(H,20,23)/t16-,17+/m0/s1. The molecule has 4 rings (SSSR count). The lowest BCUT2D eigenvalue weighted by molar-refractivity contribution is -0.0109. The van der Waals surface area contributed by atoms with Crippen LogP contribution in [0.5, 0.6) is 0 Å². The fraction of sp³-hybridized carbons (Fsp3) is 0.632. The minimum atomic E-state index is -0.0367. The second kappa shape index (κ2) is 7.32. The van der Waals surface area contributed by atoms with Crippen molar-refractivity contribution in [2.75, 3.05) is 45.2 Å². The van der Waals surface area contributed by atoms with Gasteiger partial charge in [-0.15, -0.1) is 0 Å². The van der Waals surface area contributed by atoms with Gasteiger partial charge in [0.2, 0.25) is 0 Å². The zero-order valence-corrected chi connectivity index (χ0v) is 14.9. The van der Waals surface area contributed by atoms with E-state index in [0.717, 1.165) is 57.8 Å². The van der Waals surface area contributed by atoms with Crippen LogP contribution < -0.4 is 5.32 Å². The molecule has 136 valence electrons. The summed E-state index contributed by atoms with van der Waals surface area (Å²) >= 11 is 0. The van der Waals surface area contributed by atoms with Crippen LogP contribution in [-0.2, 0) is 22.4 Å². The highest BCUT2D eigenvalue weighted by atomic mass is 16.5. The summed E-state index contributed by atoms with van der Waals surface area (Å²) < 4.78 is 11.7. The molecule has 1 aromatic rings. The zero-order valence-electron chi connectivity index (χ0n) is 14.9.